The first kappa shape index (κ1) is 39.9. The lowest BCUT2D eigenvalue weighted by Crippen LogP contribution is -2.30. The number of nitrogens with zero attached hydrogens (tertiary/aromatic N) is 2. The number of hydrogen-bond donors (Lipinski definition) is 4. The minimum Gasteiger partial charge on any atom is -0.469 e. The number of aromatic nitrogens is 3. The van der Waals surface area contributed by atoms with Crippen molar-refractivity contribution in [1.29, 1.82) is 0 Å². The van der Waals surface area contributed by atoms with E-state index in [0.29, 0.717) is 19.1 Å². The third-order valence-electron chi connectivity index (χ3n) is 13.6. The number of rotatable bonds is 10. The van der Waals surface area contributed by atoms with Crippen LogP contribution < -0.4 is 5.32 Å². The number of allylic oxidation sites excluding steroid dienone is 4. The largest absolute Gasteiger partial charge is 0.469 e. The summed E-state index contributed by atoms with van der Waals surface area (Å²) in [6.45, 7) is 22.7. The minimum atomic E-state index is -0.239. The van der Waals surface area contributed by atoms with E-state index in [-0.39, 0.29) is 24.7 Å². The van der Waals surface area contributed by atoms with Crippen molar-refractivity contribution >= 4 is 35.2 Å². The fourth-order valence-corrected chi connectivity index (χ4v) is 10.2. The maximum absolute atomic E-state index is 12.6. The molecule has 1 saturated heterocycles. The molecule has 3 aromatic rings. The van der Waals surface area contributed by atoms with Crippen molar-refractivity contribution in [1.82, 2.24) is 20.3 Å². The number of carbonyl (C=O) groups is 1. The maximum Gasteiger partial charge on any atom is 0.305 e. The summed E-state index contributed by atoms with van der Waals surface area (Å²) in [6, 6.07) is 0.108. The first-order valence-corrected chi connectivity index (χ1v) is 21.4. The van der Waals surface area contributed by atoms with E-state index in [9.17, 15) is 4.79 Å². The van der Waals surface area contributed by atoms with Crippen molar-refractivity contribution in [3.05, 3.63) is 107 Å². The van der Waals surface area contributed by atoms with E-state index in [1.165, 1.54) is 57.5 Å². The van der Waals surface area contributed by atoms with Gasteiger partial charge in [0, 0.05) is 35.8 Å². The Bertz CT molecular complexity index is 2430. The van der Waals surface area contributed by atoms with Crippen LogP contribution in [0.5, 0.6) is 0 Å². The van der Waals surface area contributed by atoms with Crippen LogP contribution in [0.25, 0.3) is 17.8 Å². The predicted molar refractivity (Wildman–Crippen MR) is 233 cm³/mol. The summed E-state index contributed by atoms with van der Waals surface area (Å²) in [7, 11) is 1.45. The van der Waals surface area contributed by atoms with Crippen molar-refractivity contribution < 1.29 is 19.0 Å². The molecule has 10 nitrogen and oxygen atoms in total. The summed E-state index contributed by atoms with van der Waals surface area (Å²) < 4.78 is 16.5. The summed E-state index contributed by atoms with van der Waals surface area (Å²) in [5, 5.41) is 4.08. The Hall–Kier alpha value is -4.93. The van der Waals surface area contributed by atoms with E-state index in [1.807, 2.05) is 0 Å². The summed E-state index contributed by atoms with van der Waals surface area (Å²) in [5.74, 6) is 0.0899. The van der Waals surface area contributed by atoms with Crippen molar-refractivity contribution in [2.75, 3.05) is 13.9 Å². The van der Waals surface area contributed by atoms with Gasteiger partial charge in [-0.15, -0.1) is 0 Å². The molecule has 4 N–H and O–H groups in total. The average Bonchev–Trinajstić information content (AvgIpc) is 4.01. The van der Waals surface area contributed by atoms with Gasteiger partial charge in [0.25, 0.3) is 0 Å². The molecule has 1 fully saturated rings. The number of carbonyl (C=O) groups excluding carboxylic acids is 1. The summed E-state index contributed by atoms with van der Waals surface area (Å²) in [6.07, 6.45) is 10.1. The number of H-pyrrole nitrogens is 3. The van der Waals surface area contributed by atoms with E-state index >= 15 is 0 Å². The van der Waals surface area contributed by atoms with Gasteiger partial charge in [-0.3, -0.25) is 4.79 Å². The van der Waals surface area contributed by atoms with E-state index in [4.69, 9.17) is 24.2 Å². The smallest absolute Gasteiger partial charge is 0.305 e. The third kappa shape index (κ3) is 6.43. The van der Waals surface area contributed by atoms with Gasteiger partial charge in [-0.05, 0) is 153 Å². The van der Waals surface area contributed by atoms with Gasteiger partial charge in [0.2, 0.25) is 0 Å². The molecular weight excluding hydrogens is 725 g/mol. The SMILES string of the molecule is CCC1=C(C)C2=N/C1=C\c1[nH]c(c(CCC(=O)OC)c1C)C1=N/C(=C\c3[nH]c(c(C)c3CC)C3=C(C)C(CC)C(N3)c3[nH]c2c(C)c3CC)C(C)=C1CCC1OCO1. The molecule has 12 bridgehead atoms. The lowest BCUT2D eigenvalue weighted by molar-refractivity contribution is -0.321. The molecule has 8 rings (SSSR count). The zero-order valence-corrected chi connectivity index (χ0v) is 36.3. The molecule has 0 amide bonds. The minimum absolute atomic E-state index is 0.108. The van der Waals surface area contributed by atoms with Crippen molar-refractivity contribution in [3.63, 3.8) is 0 Å². The highest BCUT2D eigenvalue weighted by Gasteiger charge is 2.38. The zero-order valence-electron chi connectivity index (χ0n) is 36.3. The first-order chi connectivity index (χ1) is 27.9. The Morgan fingerprint density at radius 3 is 2.09 bits per heavy atom. The van der Waals surface area contributed by atoms with E-state index in [2.05, 4.69) is 102 Å². The lowest BCUT2D eigenvalue weighted by atomic mass is 9.88. The molecular formula is C48H60N6O4. The first-order valence-electron chi connectivity index (χ1n) is 21.4. The Morgan fingerprint density at radius 1 is 0.741 bits per heavy atom. The second kappa shape index (κ2) is 15.7. The Morgan fingerprint density at radius 2 is 1.43 bits per heavy atom. The molecule has 0 aromatic carbocycles. The van der Waals surface area contributed by atoms with Gasteiger partial charge < -0.3 is 34.5 Å². The van der Waals surface area contributed by atoms with E-state index < -0.39 is 0 Å². The number of aromatic amines is 3. The van der Waals surface area contributed by atoms with Crippen LogP contribution in [0.4, 0.5) is 0 Å². The van der Waals surface area contributed by atoms with Gasteiger partial charge in [0.15, 0.2) is 13.1 Å². The molecule has 2 unspecified atom stereocenters. The quantitative estimate of drug-likeness (QED) is 0.152. The molecule has 8 heterocycles. The maximum atomic E-state index is 12.6. The standard InChI is InChI=1S/C48H60N6O4/c1-12-29-25(7)41-43-27(9)31(14-3)45(53-43)46-32(15-4)28(10)44(54-46)42-26(8)30(13-2)38(52-42)21-36-24(6)34(17-19-40-57-22-58-40)48(50-36)47-33(16-18-39(55)56-11)23(5)35(49-47)20-37(29)51-41/h20-21,32,40,46,49,52-54H,12-19,22H2,1-11H3/b36-21-,37-20-. The van der Waals surface area contributed by atoms with Crippen LogP contribution in [0, 0.1) is 26.7 Å². The summed E-state index contributed by atoms with van der Waals surface area (Å²) >= 11 is 0. The number of esters is 1. The van der Waals surface area contributed by atoms with E-state index in [0.717, 1.165) is 112 Å². The molecule has 0 radical (unpaired) electrons. The van der Waals surface area contributed by atoms with Gasteiger partial charge in [0.1, 0.15) is 0 Å². The molecule has 10 heteroatoms. The highest BCUT2D eigenvalue weighted by molar-refractivity contribution is 6.17. The van der Waals surface area contributed by atoms with Crippen LogP contribution >= 0.6 is 0 Å². The number of hydrogen-bond acceptors (Lipinski definition) is 7. The van der Waals surface area contributed by atoms with Crippen LogP contribution in [0.2, 0.25) is 0 Å². The molecule has 0 spiro atoms. The summed E-state index contributed by atoms with van der Waals surface area (Å²) in [5.41, 5.74) is 24.9. The third-order valence-corrected chi connectivity index (χ3v) is 13.6. The van der Waals surface area contributed by atoms with Gasteiger partial charge >= 0.3 is 5.97 Å². The topological polar surface area (TPSA) is 129 Å². The number of fused-ring (bicyclic) bond motifs is 14. The van der Waals surface area contributed by atoms with Crippen LogP contribution in [-0.2, 0) is 38.3 Å². The van der Waals surface area contributed by atoms with E-state index in [1.54, 1.807) is 0 Å². The van der Waals surface area contributed by atoms with Gasteiger partial charge in [-0.1, -0.05) is 27.7 Å². The number of aliphatic imine (C=N–C) groups is 2. The highest BCUT2D eigenvalue weighted by atomic mass is 16.8. The highest BCUT2D eigenvalue weighted by Crippen LogP contribution is 2.45. The van der Waals surface area contributed by atoms with Crippen molar-refractivity contribution in [2.45, 2.75) is 133 Å². The molecule has 0 aliphatic carbocycles. The van der Waals surface area contributed by atoms with Gasteiger partial charge in [-0.25, -0.2) is 9.98 Å². The van der Waals surface area contributed by atoms with Crippen molar-refractivity contribution in [2.24, 2.45) is 15.9 Å². The normalized spacial score (nSPS) is 22.1. The predicted octanol–water partition coefficient (Wildman–Crippen LogP) is 10.1. The van der Waals surface area contributed by atoms with Crippen molar-refractivity contribution in [3.8, 4) is 0 Å². The Labute approximate surface area is 343 Å². The van der Waals surface area contributed by atoms with Gasteiger partial charge in [-0.2, -0.15) is 0 Å². The number of nitrogens with one attached hydrogen (secondary N) is 4. The summed E-state index contributed by atoms with van der Waals surface area (Å²) in [4.78, 5) is 35.3. The molecule has 2 atom stereocenters. The fourth-order valence-electron chi connectivity index (χ4n) is 10.2. The molecule has 3 aromatic heterocycles. The van der Waals surface area contributed by atoms with Crippen LogP contribution in [0.1, 0.15) is 154 Å². The van der Waals surface area contributed by atoms with Crippen LogP contribution in [-0.4, -0.2) is 52.5 Å². The van der Waals surface area contributed by atoms with Gasteiger partial charge in [0.05, 0.1) is 58.7 Å². The monoisotopic (exact) mass is 784 g/mol. The molecule has 5 aliphatic rings. The molecule has 306 valence electrons. The second-order valence-corrected chi connectivity index (χ2v) is 16.5. The second-order valence-electron chi connectivity index (χ2n) is 16.5. The van der Waals surface area contributed by atoms with Crippen LogP contribution in [0.15, 0.2) is 49.2 Å². The number of methoxy groups -OCH3 is 1. The fraction of sp³-hybridized carbons (Fsp3) is 0.479. The average molecular weight is 785 g/mol. The number of ether oxygens (including phenoxy) is 3. The lowest BCUT2D eigenvalue weighted by Gasteiger charge is -2.27. The molecule has 0 saturated carbocycles. The van der Waals surface area contributed by atoms with Crippen LogP contribution in [0.3, 0.4) is 0 Å². The molecule has 58 heavy (non-hydrogen) atoms. The zero-order chi connectivity index (χ0) is 41.2. The molecule has 5 aliphatic heterocycles. The Balaban J connectivity index is 1.40. The Kier molecular flexibility index (Phi) is 10.8.